The highest BCUT2D eigenvalue weighted by atomic mass is 16.7. The number of ether oxygens (including phenoxy) is 3. The van der Waals surface area contributed by atoms with Gasteiger partial charge >= 0.3 is 6.16 Å². The summed E-state index contributed by atoms with van der Waals surface area (Å²) >= 11 is 0. The molecule has 0 aromatic heterocycles. The number of carbonyl (C=O) groups is 2. The number of hydrogen-bond donors (Lipinski definition) is 1. The van der Waals surface area contributed by atoms with Crippen LogP contribution in [0.1, 0.15) is 15.9 Å². The largest absolute Gasteiger partial charge is 0.513 e. The van der Waals surface area contributed by atoms with Crippen LogP contribution < -0.4 is 14.8 Å². The fourth-order valence-electron chi connectivity index (χ4n) is 1.95. The Morgan fingerprint density at radius 3 is 1.96 bits per heavy atom. The van der Waals surface area contributed by atoms with Gasteiger partial charge in [0.1, 0.15) is 18.1 Å². The van der Waals surface area contributed by atoms with Crippen LogP contribution in [-0.2, 0) is 4.74 Å². The van der Waals surface area contributed by atoms with E-state index in [-0.39, 0.29) is 5.78 Å². The Morgan fingerprint density at radius 2 is 1.46 bits per heavy atom. The highest BCUT2D eigenvalue weighted by molar-refractivity contribution is 6.09. The Bertz CT molecular complexity index is 680. The van der Waals surface area contributed by atoms with Crippen molar-refractivity contribution < 1.29 is 23.8 Å². The molecule has 0 unspecified atom stereocenters. The van der Waals surface area contributed by atoms with Gasteiger partial charge in [-0.25, -0.2) is 4.79 Å². The second kappa shape index (κ2) is 8.69. The number of ketones is 1. The third-order valence-corrected chi connectivity index (χ3v) is 3.22. The summed E-state index contributed by atoms with van der Waals surface area (Å²) in [6, 6.07) is 13.2. The monoisotopic (exact) mass is 329 g/mol. The van der Waals surface area contributed by atoms with E-state index in [4.69, 9.17) is 9.47 Å². The minimum atomic E-state index is -0.803. The highest BCUT2D eigenvalue weighted by Gasteiger charge is 2.10. The first-order valence-corrected chi connectivity index (χ1v) is 7.42. The van der Waals surface area contributed by atoms with Crippen molar-refractivity contribution >= 4 is 11.9 Å². The van der Waals surface area contributed by atoms with E-state index in [1.54, 1.807) is 48.5 Å². The molecule has 6 heteroatoms. The van der Waals surface area contributed by atoms with Crippen molar-refractivity contribution in [1.82, 2.24) is 5.32 Å². The SMILES string of the molecule is CNCCOc1ccc(C(=O)c2ccc(OC(=O)OC)cc2)cc1. The second-order valence-corrected chi connectivity index (χ2v) is 4.89. The molecule has 0 bridgehead atoms. The Kier molecular flexibility index (Phi) is 6.33. The lowest BCUT2D eigenvalue weighted by atomic mass is 10.0. The van der Waals surface area contributed by atoms with Gasteiger partial charge in [0.05, 0.1) is 7.11 Å². The third kappa shape index (κ3) is 4.82. The number of carbonyl (C=O) groups excluding carboxylic acids is 2. The van der Waals surface area contributed by atoms with Gasteiger partial charge in [0.25, 0.3) is 0 Å². The summed E-state index contributed by atoms with van der Waals surface area (Å²) in [5.74, 6) is 0.900. The molecule has 6 nitrogen and oxygen atoms in total. The van der Waals surface area contributed by atoms with E-state index in [1.165, 1.54) is 7.11 Å². The van der Waals surface area contributed by atoms with Gasteiger partial charge in [0.15, 0.2) is 5.78 Å². The summed E-state index contributed by atoms with van der Waals surface area (Å²) in [7, 11) is 3.08. The molecule has 0 spiro atoms. The first kappa shape index (κ1) is 17.5. The van der Waals surface area contributed by atoms with Crippen LogP contribution in [0.4, 0.5) is 4.79 Å². The Morgan fingerprint density at radius 1 is 0.917 bits per heavy atom. The molecular weight excluding hydrogens is 310 g/mol. The minimum Gasteiger partial charge on any atom is -0.492 e. The molecule has 2 aromatic rings. The fraction of sp³-hybridized carbons (Fsp3) is 0.222. The van der Waals surface area contributed by atoms with E-state index in [2.05, 4.69) is 10.1 Å². The predicted octanol–water partition coefficient (Wildman–Crippen LogP) is 2.66. The number of nitrogens with one attached hydrogen (secondary N) is 1. The molecule has 24 heavy (non-hydrogen) atoms. The molecule has 0 saturated carbocycles. The van der Waals surface area contributed by atoms with E-state index in [0.29, 0.717) is 29.2 Å². The lowest BCUT2D eigenvalue weighted by Gasteiger charge is -2.07. The van der Waals surface area contributed by atoms with Crippen LogP contribution in [0.3, 0.4) is 0 Å². The molecule has 0 aliphatic carbocycles. The zero-order valence-corrected chi connectivity index (χ0v) is 13.6. The summed E-state index contributed by atoms with van der Waals surface area (Å²) in [6.07, 6.45) is -0.803. The first-order chi connectivity index (χ1) is 11.6. The Labute approximate surface area is 140 Å². The molecule has 0 aliphatic heterocycles. The molecule has 2 rings (SSSR count). The van der Waals surface area contributed by atoms with E-state index in [9.17, 15) is 9.59 Å². The van der Waals surface area contributed by atoms with Gasteiger partial charge in [-0.3, -0.25) is 4.79 Å². The van der Waals surface area contributed by atoms with Gasteiger partial charge in [-0.2, -0.15) is 0 Å². The van der Waals surface area contributed by atoms with Crippen molar-refractivity contribution in [2.45, 2.75) is 0 Å². The molecule has 126 valence electrons. The van der Waals surface area contributed by atoms with Crippen LogP contribution in [0.15, 0.2) is 48.5 Å². The smallest absolute Gasteiger partial charge is 0.492 e. The Hall–Kier alpha value is -2.86. The minimum absolute atomic E-state index is 0.124. The van der Waals surface area contributed by atoms with Gasteiger partial charge in [-0.15, -0.1) is 0 Å². The highest BCUT2D eigenvalue weighted by Crippen LogP contribution is 2.18. The quantitative estimate of drug-likeness (QED) is 0.364. The van der Waals surface area contributed by atoms with Gasteiger partial charge in [-0.05, 0) is 55.6 Å². The van der Waals surface area contributed by atoms with Crippen LogP contribution in [-0.4, -0.2) is 39.2 Å². The number of rotatable bonds is 7. The number of methoxy groups -OCH3 is 1. The molecule has 0 heterocycles. The first-order valence-electron chi connectivity index (χ1n) is 7.42. The molecule has 0 radical (unpaired) electrons. The van der Waals surface area contributed by atoms with Gasteiger partial charge in [0.2, 0.25) is 0 Å². The number of benzene rings is 2. The molecule has 2 aromatic carbocycles. The van der Waals surface area contributed by atoms with Gasteiger partial charge < -0.3 is 19.5 Å². The topological polar surface area (TPSA) is 73.9 Å². The Balaban J connectivity index is 2.01. The maximum absolute atomic E-state index is 12.4. The standard InChI is InChI=1S/C18H19NO5/c1-19-11-12-23-15-7-3-13(4-8-15)17(20)14-5-9-16(10-6-14)24-18(21)22-2/h3-10,19H,11-12H2,1-2H3. The molecule has 0 amide bonds. The zero-order chi connectivity index (χ0) is 17.4. The molecule has 0 atom stereocenters. The summed E-state index contributed by atoms with van der Waals surface area (Å²) in [6.45, 7) is 1.31. The molecule has 0 saturated heterocycles. The van der Waals surface area contributed by atoms with Crippen molar-refractivity contribution in [2.75, 3.05) is 27.3 Å². The maximum atomic E-state index is 12.4. The van der Waals surface area contributed by atoms with Crippen molar-refractivity contribution in [3.8, 4) is 11.5 Å². The van der Waals surface area contributed by atoms with E-state index in [0.717, 1.165) is 6.54 Å². The fourth-order valence-corrected chi connectivity index (χ4v) is 1.95. The lowest BCUT2D eigenvalue weighted by Crippen LogP contribution is -2.15. The van der Waals surface area contributed by atoms with Gasteiger partial charge in [0, 0.05) is 17.7 Å². The maximum Gasteiger partial charge on any atom is 0.513 e. The number of likely N-dealkylation sites (N-methyl/N-ethyl adjacent to an activating group) is 1. The molecule has 0 aliphatic rings. The summed E-state index contributed by atoms with van der Waals surface area (Å²) in [5.41, 5.74) is 1.05. The van der Waals surface area contributed by atoms with Crippen LogP contribution in [0, 0.1) is 0 Å². The van der Waals surface area contributed by atoms with Crippen LogP contribution >= 0.6 is 0 Å². The molecule has 0 fully saturated rings. The average Bonchev–Trinajstić information content (AvgIpc) is 2.62. The van der Waals surface area contributed by atoms with E-state index < -0.39 is 6.16 Å². The van der Waals surface area contributed by atoms with Crippen LogP contribution in [0.5, 0.6) is 11.5 Å². The normalized spacial score (nSPS) is 10.1. The molecule has 1 N–H and O–H groups in total. The van der Waals surface area contributed by atoms with Crippen molar-refractivity contribution in [3.63, 3.8) is 0 Å². The van der Waals surface area contributed by atoms with Crippen molar-refractivity contribution in [3.05, 3.63) is 59.7 Å². The second-order valence-electron chi connectivity index (χ2n) is 4.89. The lowest BCUT2D eigenvalue weighted by molar-refractivity contribution is 0.103. The summed E-state index contributed by atoms with van der Waals surface area (Å²) in [5, 5.41) is 2.99. The third-order valence-electron chi connectivity index (χ3n) is 3.22. The van der Waals surface area contributed by atoms with E-state index in [1.807, 2.05) is 7.05 Å². The average molecular weight is 329 g/mol. The van der Waals surface area contributed by atoms with Gasteiger partial charge in [-0.1, -0.05) is 0 Å². The van der Waals surface area contributed by atoms with Crippen LogP contribution in [0.25, 0.3) is 0 Å². The summed E-state index contributed by atoms with van der Waals surface area (Å²) < 4.78 is 14.8. The molecular formula is C18H19NO5. The van der Waals surface area contributed by atoms with Crippen LogP contribution in [0.2, 0.25) is 0 Å². The number of hydrogen-bond acceptors (Lipinski definition) is 6. The van der Waals surface area contributed by atoms with E-state index >= 15 is 0 Å². The predicted molar refractivity (Wildman–Crippen MR) is 88.8 cm³/mol. The summed E-state index contributed by atoms with van der Waals surface area (Å²) in [4.78, 5) is 23.4. The van der Waals surface area contributed by atoms with Crippen molar-refractivity contribution in [1.29, 1.82) is 0 Å². The van der Waals surface area contributed by atoms with Crippen molar-refractivity contribution in [2.24, 2.45) is 0 Å². The zero-order valence-electron chi connectivity index (χ0n) is 13.6.